The van der Waals surface area contributed by atoms with Crippen molar-refractivity contribution in [2.24, 2.45) is 0 Å². The lowest BCUT2D eigenvalue weighted by Crippen LogP contribution is -2.43. The molecule has 146 valence electrons. The fourth-order valence-corrected chi connectivity index (χ4v) is 3.32. The maximum atomic E-state index is 12.4. The Balaban J connectivity index is 1.69. The van der Waals surface area contributed by atoms with Gasteiger partial charge in [0, 0.05) is 23.1 Å². The van der Waals surface area contributed by atoms with Gasteiger partial charge in [-0.2, -0.15) is 0 Å². The summed E-state index contributed by atoms with van der Waals surface area (Å²) in [4.78, 5) is 24.3. The Kier molecular flexibility index (Phi) is 5.44. The summed E-state index contributed by atoms with van der Waals surface area (Å²) in [6, 6.07) is 4.97. The van der Waals surface area contributed by atoms with Crippen LogP contribution in [-0.2, 0) is 22.4 Å². The van der Waals surface area contributed by atoms with Crippen LogP contribution in [0.15, 0.2) is 22.6 Å². The zero-order valence-electron chi connectivity index (χ0n) is 16.5. The van der Waals surface area contributed by atoms with Gasteiger partial charge in [0.15, 0.2) is 0 Å². The van der Waals surface area contributed by atoms with Gasteiger partial charge < -0.3 is 19.8 Å². The fourth-order valence-electron chi connectivity index (χ4n) is 3.32. The minimum absolute atomic E-state index is 0.296. The van der Waals surface area contributed by atoms with Gasteiger partial charge in [-0.1, -0.05) is 6.42 Å². The summed E-state index contributed by atoms with van der Waals surface area (Å²) < 4.78 is 11.2. The highest BCUT2D eigenvalue weighted by Gasteiger charge is 2.22. The number of carbonyl (C=O) groups excluding carboxylic acids is 2. The number of furan rings is 1. The van der Waals surface area contributed by atoms with Crippen LogP contribution in [0.1, 0.15) is 58.3 Å². The van der Waals surface area contributed by atoms with Crippen molar-refractivity contribution in [2.75, 3.05) is 5.32 Å². The van der Waals surface area contributed by atoms with Gasteiger partial charge in [-0.25, -0.2) is 4.79 Å². The zero-order valence-corrected chi connectivity index (χ0v) is 16.5. The van der Waals surface area contributed by atoms with Crippen LogP contribution in [0.25, 0.3) is 11.0 Å². The number of amides is 2. The van der Waals surface area contributed by atoms with E-state index in [9.17, 15) is 9.59 Å². The number of ether oxygens (including phenoxy) is 1. The van der Waals surface area contributed by atoms with E-state index in [0.29, 0.717) is 5.69 Å². The van der Waals surface area contributed by atoms with E-state index in [1.54, 1.807) is 27.7 Å². The monoisotopic (exact) mass is 372 g/mol. The smallest absolute Gasteiger partial charge is 0.408 e. The number of rotatable bonds is 3. The number of alkyl carbamates (subject to hydrolysis) is 1. The highest BCUT2D eigenvalue weighted by molar-refractivity contribution is 5.98. The molecule has 0 spiro atoms. The summed E-state index contributed by atoms with van der Waals surface area (Å²) in [5.74, 6) is 0.778. The van der Waals surface area contributed by atoms with Crippen LogP contribution in [0, 0.1) is 0 Å². The van der Waals surface area contributed by atoms with E-state index in [-0.39, 0.29) is 5.91 Å². The van der Waals surface area contributed by atoms with E-state index in [0.717, 1.165) is 42.4 Å². The number of benzene rings is 1. The predicted octanol–water partition coefficient (Wildman–Crippen LogP) is 4.55. The maximum Gasteiger partial charge on any atom is 0.408 e. The van der Waals surface area contributed by atoms with Gasteiger partial charge in [0.05, 0.1) is 0 Å². The Morgan fingerprint density at radius 3 is 2.63 bits per heavy atom. The number of anilines is 1. The second kappa shape index (κ2) is 7.62. The van der Waals surface area contributed by atoms with Crippen LogP contribution in [0.4, 0.5) is 10.5 Å². The van der Waals surface area contributed by atoms with Crippen molar-refractivity contribution in [2.45, 2.75) is 71.4 Å². The summed E-state index contributed by atoms with van der Waals surface area (Å²) in [6.45, 7) is 6.96. The molecule has 1 atom stereocenters. The van der Waals surface area contributed by atoms with Gasteiger partial charge in [-0.15, -0.1) is 0 Å². The summed E-state index contributed by atoms with van der Waals surface area (Å²) >= 11 is 0. The van der Waals surface area contributed by atoms with E-state index in [2.05, 4.69) is 10.6 Å². The summed E-state index contributed by atoms with van der Waals surface area (Å²) in [5.41, 5.74) is 2.21. The first-order valence-corrected chi connectivity index (χ1v) is 9.57. The summed E-state index contributed by atoms with van der Waals surface area (Å²) in [7, 11) is 0. The molecule has 1 aliphatic carbocycles. The lowest BCUT2D eigenvalue weighted by atomic mass is 10.1. The highest BCUT2D eigenvalue weighted by atomic mass is 16.6. The first-order valence-electron chi connectivity index (χ1n) is 9.57. The van der Waals surface area contributed by atoms with Gasteiger partial charge in [0.25, 0.3) is 0 Å². The minimum Gasteiger partial charge on any atom is -0.461 e. The van der Waals surface area contributed by atoms with E-state index >= 15 is 0 Å². The molecule has 0 unspecified atom stereocenters. The number of hydrogen-bond donors (Lipinski definition) is 2. The van der Waals surface area contributed by atoms with Crippen molar-refractivity contribution >= 4 is 28.7 Å². The lowest BCUT2D eigenvalue weighted by Gasteiger charge is -2.21. The normalized spacial score (nSPS) is 15.6. The van der Waals surface area contributed by atoms with Crippen molar-refractivity contribution in [3.63, 3.8) is 0 Å². The van der Waals surface area contributed by atoms with Crippen LogP contribution >= 0.6 is 0 Å². The molecule has 27 heavy (non-hydrogen) atoms. The van der Waals surface area contributed by atoms with Crippen molar-refractivity contribution in [3.05, 3.63) is 29.5 Å². The van der Waals surface area contributed by atoms with Crippen molar-refractivity contribution in [1.82, 2.24) is 5.32 Å². The molecule has 1 aliphatic rings. The molecule has 2 amide bonds. The van der Waals surface area contributed by atoms with Gasteiger partial charge in [0.2, 0.25) is 5.91 Å². The van der Waals surface area contributed by atoms with Crippen LogP contribution < -0.4 is 10.6 Å². The van der Waals surface area contributed by atoms with E-state index in [1.165, 1.54) is 12.0 Å². The van der Waals surface area contributed by atoms with Gasteiger partial charge in [0.1, 0.15) is 23.0 Å². The molecule has 0 aliphatic heterocycles. The summed E-state index contributed by atoms with van der Waals surface area (Å²) in [6.07, 6.45) is 4.91. The molecule has 1 aromatic heterocycles. The third-order valence-corrected chi connectivity index (χ3v) is 4.60. The molecule has 0 saturated heterocycles. The van der Waals surface area contributed by atoms with E-state index in [1.807, 2.05) is 18.2 Å². The maximum absolute atomic E-state index is 12.4. The Bertz CT molecular complexity index is 848. The zero-order chi connectivity index (χ0) is 19.6. The van der Waals surface area contributed by atoms with Crippen LogP contribution in [0.3, 0.4) is 0 Å². The number of carbonyl (C=O) groups is 2. The molecule has 6 heteroatoms. The third-order valence-electron chi connectivity index (χ3n) is 4.60. The molecular formula is C21H28N2O4. The topological polar surface area (TPSA) is 80.6 Å². The molecule has 2 aromatic rings. The number of aryl methyl sites for hydroxylation is 2. The molecule has 3 rings (SSSR count). The average Bonchev–Trinajstić information content (AvgIpc) is 2.74. The molecule has 2 N–H and O–H groups in total. The Morgan fingerprint density at radius 2 is 1.89 bits per heavy atom. The molecule has 0 radical (unpaired) electrons. The molecule has 0 saturated carbocycles. The molecular weight excluding hydrogens is 344 g/mol. The second-order valence-corrected chi connectivity index (χ2v) is 8.13. The molecule has 6 nitrogen and oxygen atoms in total. The second-order valence-electron chi connectivity index (χ2n) is 8.13. The number of fused-ring (bicyclic) bond motifs is 3. The van der Waals surface area contributed by atoms with Gasteiger partial charge in [-0.05, 0) is 65.2 Å². The predicted molar refractivity (Wildman–Crippen MR) is 105 cm³/mol. The van der Waals surface area contributed by atoms with Crippen molar-refractivity contribution in [3.8, 4) is 0 Å². The standard InChI is InChI=1S/C21H28N2O4/c1-13(22-20(25)27-21(2,3)4)19(24)23-14-10-11-18-16(12-14)15-8-6-5-7-9-17(15)26-18/h10-13H,5-9H2,1-4H3,(H,22,25)(H,23,24)/t13-/m0/s1. The Labute approximate surface area is 159 Å². The number of nitrogens with one attached hydrogen (secondary N) is 2. The quantitative estimate of drug-likeness (QED) is 0.774. The highest BCUT2D eigenvalue weighted by Crippen LogP contribution is 2.32. The SMILES string of the molecule is C[C@H](NC(=O)OC(C)(C)C)C(=O)Nc1ccc2oc3c(c2c1)CCCCC3. The first kappa shape index (κ1) is 19.3. The Hall–Kier alpha value is -2.50. The van der Waals surface area contributed by atoms with Crippen LogP contribution in [0.2, 0.25) is 0 Å². The average molecular weight is 372 g/mol. The van der Waals surface area contributed by atoms with E-state index in [4.69, 9.17) is 9.15 Å². The minimum atomic E-state index is -0.711. The number of hydrogen-bond acceptors (Lipinski definition) is 4. The molecule has 1 aromatic carbocycles. The van der Waals surface area contributed by atoms with Crippen LogP contribution in [0.5, 0.6) is 0 Å². The first-order chi connectivity index (χ1) is 12.7. The van der Waals surface area contributed by atoms with E-state index < -0.39 is 17.7 Å². The molecule has 0 bridgehead atoms. The van der Waals surface area contributed by atoms with Crippen LogP contribution in [-0.4, -0.2) is 23.6 Å². The Morgan fingerprint density at radius 1 is 1.15 bits per heavy atom. The fraction of sp³-hybridized carbons (Fsp3) is 0.524. The largest absolute Gasteiger partial charge is 0.461 e. The molecule has 1 heterocycles. The third kappa shape index (κ3) is 4.81. The summed E-state index contributed by atoms with van der Waals surface area (Å²) in [5, 5.41) is 6.49. The van der Waals surface area contributed by atoms with Gasteiger partial charge in [-0.3, -0.25) is 4.79 Å². The van der Waals surface area contributed by atoms with Crippen molar-refractivity contribution < 1.29 is 18.7 Å². The van der Waals surface area contributed by atoms with Crippen molar-refractivity contribution in [1.29, 1.82) is 0 Å². The molecule has 0 fully saturated rings. The van der Waals surface area contributed by atoms with Gasteiger partial charge >= 0.3 is 6.09 Å². The lowest BCUT2D eigenvalue weighted by molar-refractivity contribution is -0.117.